The average Bonchev–Trinajstić information content (AvgIpc) is 2.41. The van der Waals surface area contributed by atoms with Crippen molar-refractivity contribution >= 4 is 5.91 Å². The molecule has 0 aliphatic rings. The van der Waals surface area contributed by atoms with Gasteiger partial charge in [-0.3, -0.25) is 4.79 Å². The second-order valence-corrected chi connectivity index (χ2v) is 5.30. The largest absolute Gasteiger partial charge is 0.384 e. The van der Waals surface area contributed by atoms with Gasteiger partial charge >= 0.3 is 0 Å². The molecule has 3 nitrogen and oxygen atoms in total. The molecule has 1 rings (SSSR count). The molecule has 0 radical (unpaired) electrons. The lowest BCUT2D eigenvalue weighted by molar-refractivity contribution is 0.0952. The van der Waals surface area contributed by atoms with Gasteiger partial charge in [0.05, 0.1) is 5.56 Å². The van der Waals surface area contributed by atoms with Gasteiger partial charge in [-0.15, -0.1) is 0 Å². The van der Waals surface area contributed by atoms with Gasteiger partial charge < -0.3 is 10.4 Å². The highest BCUT2D eigenvalue weighted by Gasteiger charge is 2.10. The topological polar surface area (TPSA) is 49.3 Å². The van der Waals surface area contributed by atoms with Crippen molar-refractivity contribution in [2.75, 3.05) is 13.2 Å². The standard InChI is InChI=1S/C17H23NO2/c1-13(2)6-4-10-18-17(20)16-12-14(3)8-9-15(16)7-5-11-19/h8-9,12-13,19H,4,6,10-11H2,1-3H3,(H,18,20). The Balaban J connectivity index is 2.73. The van der Waals surface area contributed by atoms with Crippen LogP contribution in [0.3, 0.4) is 0 Å². The van der Waals surface area contributed by atoms with E-state index in [0.29, 0.717) is 23.6 Å². The Morgan fingerprint density at radius 3 is 2.80 bits per heavy atom. The Morgan fingerprint density at radius 2 is 2.15 bits per heavy atom. The smallest absolute Gasteiger partial charge is 0.252 e. The molecule has 20 heavy (non-hydrogen) atoms. The van der Waals surface area contributed by atoms with Gasteiger partial charge in [0.15, 0.2) is 0 Å². The summed E-state index contributed by atoms with van der Waals surface area (Å²) < 4.78 is 0. The first kappa shape index (κ1) is 16.3. The summed E-state index contributed by atoms with van der Waals surface area (Å²) in [5, 5.41) is 11.7. The van der Waals surface area contributed by atoms with Crippen molar-refractivity contribution in [1.29, 1.82) is 0 Å². The molecule has 0 aromatic heterocycles. The van der Waals surface area contributed by atoms with Crippen molar-refractivity contribution < 1.29 is 9.90 Å². The van der Waals surface area contributed by atoms with Crippen molar-refractivity contribution in [3.05, 3.63) is 34.9 Å². The van der Waals surface area contributed by atoms with Crippen LogP contribution in [0.4, 0.5) is 0 Å². The van der Waals surface area contributed by atoms with Gasteiger partial charge in [0.1, 0.15) is 6.61 Å². The predicted molar refractivity (Wildman–Crippen MR) is 81.5 cm³/mol. The molecule has 3 heteroatoms. The lowest BCUT2D eigenvalue weighted by Gasteiger charge is -2.09. The summed E-state index contributed by atoms with van der Waals surface area (Å²) in [4.78, 5) is 12.2. The van der Waals surface area contributed by atoms with Gasteiger partial charge in [0, 0.05) is 12.1 Å². The Labute approximate surface area is 121 Å². The van der Waals surface area contributed by atoms with Crippen LogP contribution >= 0.6 is 0 Å². The predicted octanol–water partition coefficient (Wildman–Crippen LogP) is 2.50. The monoisotopic (exact) mass is 273 g/mol. The van der Waals surface area contributed by atoms with Gasteiger partial charge in [-0.2, -0.15) is 0 Å². The van der Waals surface area contributed by atoms with Crippen molar-refractivity contribution in [1.82, 2.24) is 5.32 Å². The molecule has 2 N–H and O–H groups in total. The molecule has 0 aliphatic heterocycles. The third kappa shape index (κ3) is 5.46. The molecule has 0 unspecified atom stereocenters. The molecule has 1 aromatic carbocycles. The van der Waals surface area contributed by atoms with E-state index in [1.54, 1.807) is 0 Å². The van der Waals surface area contributed by atoms with Crippen molar-refractivity contribution in [2.24, 2.45) is 5.92 Å². The van der Waals surface area contributed by atoms with Crippen LogP contribution in [0, 0.1) is 24.7 Å². The molecule has 0 aliphatic carbocycles. The molecule has 0 atom stereocenters. The maximum absolute atomic E-state index is 12.2. The molecule has 1 aromatic rings. The normalized spacial score (nSPS) is 10.1. The van der Waals surface area contributed by atoms with Crippen LogP contribution in [0.15, 0.2) is 18.2 Å². The Bertz CT molecular complexity index is 509. The zero-order chi connectivity index (χ0) is 15.0. The van der Waals surface area contributed by atoms with Gasteiger partial charge in [0.2, 0.25) is 0 Å². The zero-order valence-corrected chi connectivity index (χ0v) is 12.5. The number of amides is 1. The van der Waals surface area contributed by atoms with Gasteiger partial charge in [-0.1, -0.05) is 37.3 Å². The summed E-state index contributed by atoms with van der Waals surface area (Å²) in [5.41, 5.74) is 2.26. The fraction of sp³-hybridized carbons (Fsp3) is 0.471. The van der Waals surface area contributed by atoms with E-state index in [4.69, 9.17) is 5.11 Å². The van der Waals surface area contributed by atoms with E-state index in [0.717, 1.165) is 18.4 Å². The number of aliphatic hydroxyl groups excluding tert-OH is 1. The molecule has 0 heterocycles. The van der Waals surface area contributed by atoms with Crippen molar-refractivity contribution in [3.8, 4) is 11.8 Å². The number of aliphatic hydroxyl groups is 1. The van der Waals surface area contributed by atoms with Crippen LogP contribution in [0.25, 0.3) is 0 Å². The molecular formula is C17H23NO2. The molecule has 0 bridgehead atoms. The minimum Gasteiger partial charge on any atom is -0.384 e. The first-order valence-electron chi connectivity index (χ1n) is 7.03. The molecule has 0 saturated heterocycles. The number of benzene rings is 1. The maximum Gasteiger partial charge on any atom is 0.252 e. The van der Waals surface area contributed by atoms with E-state index in [1.165, 1.54) is 0 Å². The minimum absolute atomic E-state index is 0.0975. The average molecular weight is 273 g/mol. The summed E-state index contributed by atoms with van der Waals surface area (Å²) >= 11 is 0. The van der Waals surface area contributed by atoms with E-state index >= 15 is 0 Å². The summed E-state index contributed by atoms with van der Waals surface area (Å²) in [6, 6.07) is 5.57. The highest BCUT2D eigenvalue weighted by Crippen LogP contribution is 2.11. The SMILES string of the molecule is Cc1ccc(C#CCO)c(C(=O)NCCCC(C)C)c1. The van der Waals surface area contributed by atoms with Gasteiger partial charge in [0.25, 0.3) is 5.91 Å². The zero-order valence-electron chi connectivity index (χ0n) is 12.5. The lowest BCUT2D eigenvalue weighted by Crippen LogP contribution is -2.25. The highest BCUT2D eigenvalue weighted by molar-refractivity contribution is 5.96. The van der Waals surface area contributed by atoms with Crippen LogP contribution in [0.2, 0.25) is 0 Å². The number of carbonyl (C=O) groups is 1. The molecule has 0 spiro atoms. The first-order chi connectivity index (χ1) is 9.54. The van der Waals surface area contributed by atoms with Gasteiger partial charge in [-0.05, 0) is 37.8 Å². The van der Waals surface area contributed by atoms with Gasteiger partial charge in [-0.25, -0.2) is 0 Å². The van der Waals surface area contributed by atoms with E-state index < -0.39 is 0 Å². The van der Waals surface area contributed by atoms with Crippen LogP contribution in [0.1, 0.15) is 48.2 Å². The number of aryl methyl sites for hydroxylation is 1. The summed E-state index contributed by atoms with van der Waals surface area (Å²) in [6.07, 6.45) is 2.08. The van der Waals surface area contributed by atoms with Crippen LogP contribution in [0.5, 0.6) is 0 Å². The Hall–Kier alpha value is -1.79. The molecule has 0 fully saturated rings. The number of rotatable bonds is 5. The third-order valence-electron chi connectivity index (χ3n) is 2.97. The van der Waals surface area contributed by atoms with E-state index in [2.05, 4.69) is 31.0 Å². The van der Waals surface area contributed by atoms with Crippen LogP contribution in [-0.2, 0) is 0 Å². The molecule has 0 saturated carbocycles. The second-order valence-electron chi connectivity index (χ2n) is 5.30. The Morgan fingerprint density at radius 1 is 1.40 bits per heavy atom. The Kier molecular flexibility index (Phi) is 6.83. The molecular weight excluding hydrogens is 250 g/mol. The fourth-order valence-electron chi connectivity index (χ4n) is 1.90. The first-order valence-corrected chi connectivity index (χ1v) is 7.03. The maximum atomic E-state index is 12.2. The van der Waals surface area contributed by atoms with Crippen molar-refractivity contribution in [2.45, 2.75) is 33.6 Å². The van der Waals surface area contributed by atoms with E-state index in [1.807, 2.05) is 25.1 Å². The minimum atomic E-state index is -0.205. The van der Waals surface area contributed by atoms with E-state index in [-0.39, 0.29) is 12.5 Å². The second kappa shape index (κ2) is 8.39. The molecule has 108 valence electrons. The quantitative estimate of drug-likeness (QED) is 0.639. The van der Waals surface area contributed by atoms with E-state index in [9.17, 15) is 4.79 Å². The summed E-state index contributed by atoms with van der Waals surface area (Å²) in [5.74, 6) is 5.96. The van der Waals surface area contributed by atoms with Crippen molar-refractivity contribution in [3.63, 3.8) is 0 Å². The van der Waals surface area contributed by atoms with Crippen LogP contribution in [-0.4, -0.2) is 24.2 Å². The number of hydrogen-bond donors (Lipinski definition) is 2. The number of nitrogens with one attached hydrogen (secondary N) is 1. The third-order valence-corrected chi connectivity index (χ3v) is 2.97. The summed E-state index contributed by atoms with van der Waals surface area (Å²) in [6.45, 7) is 6.76. The van der Waals surface area contributed by atoms with Crippen LogP contribution < -0.4 is 5.32 Å². The molecule has 1 amide bonds. The summed E-state index contributed by atoms with van der Waals surface area (Å²) in [7, 11) is 0. The lowest BCUT2D eigenvalue weighted by atomic mass is 10.0. The number of carbonyl (C=O) groups excluding carboxylic acids is 1. The highest BCUT2D eigenvalue weighted by atomic mass is 16.2. The number of hydrogen-bond acceptors (Lipinski definition) is 2. The fourth-order valence-corrected chi connectivity index (χ4v) is 1.90.